The van der Waals surface area contributed by atoms with Gasteiger partial charge in [-0.05, 0) is 32.0 Å². The summed E-state index contributed by atoms with van der Waals surface area (Å²) in [6.07, 6.45) is 0.0981. The van der Waals surface area contributed by atoms with Crippen LogP contribution in [-0.4, -0.2) is 27.3 Å². The van der Waals surface area contributed by atoms with Crippen molar-refractivity contribution in [3.63, 3.8) is 0 Å². The monoisotopic (exact) mass is 275 g/mol. The van der Waals surface area contributed by atoms with E-state index in [-0.39, 0.29) is 6.42 Å². The van der Waals surface area contributed by atoms with E-state index in [2.05, 4.69) is 0 Å². The molecule has 1 aromatic rings. The lowest BCUT2D eigenvalue weighted by Gasteiger charge is -2.50. The Bertz CT molecular complexity index is 606. The van der Waals surface area contributed by atoms with Gasteiger partial charge in [0.05, 0.1) is 11.6 Å². The molecule has 0 spiro atoms. The van der Waals surface area contributed by atoms with Crippen LogP contribution in [0, 0.1) is 11.3 Å². The first-order valence-electron chi connectivity index (χ1n) is 6.21. The molecule has 0 aliphatic carbocycles. The van der Waals surface area contributed by atoms with Gasteiger partial charge in [-0.1, -0.05) is 0 Å². The Hall–Kier alpha value is -2.10. The lowest BCUT2D eigenvalue weighted by Crippen LogP contribution is -2.70. The molecule has 3 N–H and O–H groups in total. The van der Waals surface area contributed by atoms with Crippen molar-refractivity contribution in [2.24, 2.45) is 5.84 Å². The standard InChI is InChI=1S/C14H17N3O3/c1-9(18)17(16)14(19)7-11-6-10(8-15)4-5-12(11)20-13(14,2)3/h4-6,19H,7,16H2,1-3H3. The smallest absolute Gasteiger partial charge is 0.236 e. The summed E-state index contributed by atoms with van der Waals surface area (Å²) in [5.74, 6) is 5.83. The molecule has 1 aliphatic rings. The number of aliphatic hydroxyl groups is 1. The second-order valence-corrected chi connectivity index (χ2v) is 5.43. The van der Waals surface area contributed by atoms with Gasteiger partial charge in [-0.25, -0.2) is 10.9 Å². The molecule has 6 heteroatoms. The first-order chi connectivity index (χ1) is 9.21. The van der Waals surface area contributed by atoms with E-state index >= 15 is 0 Å². The number of benzene rings is 1. The number of carbonyl (C=O) groups excluding carboxylic acids is 1. The van der Waals surface area contributed by atoms with E-state index in [1.807, 2.05) is 6.07 Å². The summed E-state index contributed by atoms with van der Waals surface area (Å²) in [7, 11) is 0. The molecule has 1 atom stereocenters. The Morgan fingerprint density at radius 3 is 2.75 bits per heavy atom. The van der Waals surface area contributed by atoms with Crippen LogP contribution in [0.2, 0.25) is 0 Å². The van der Waals surface area contributed by atoms with Crippen molar-refractivity contribution in [3.8, 4) is 11.8 Å². The fraction of sp³-hybridized carbons (Fsp3) is 0.429. The molecule has 0 aromatic heterocycles. The van der Waals surface area contributed by atoms with E-state index in [0.717, 1.165) is 5.01 Å². The number of ether oxygens (including phenoxy) is 1. The van der Waals surface area contributed by atoms with Crippen LogP contribution in [0.5, 0.6) is 5.75 Å². The van der Waals surface area contributed by atoms with Crippen LogP contribution in [0.1, 0.15) is 31.9 Å². The average Bonchev–Trinajstić information content (AvgIpc) is 2.38. The molecule has 1 aliphatic heterocycles. The molecule has 6 nitrogen and oxygen atoms in total. The lowest BCUT2D eigenvalue weighted by atomic mass is 9.83. The van der Waals surface area contributed by atoms with Gasteiger partial charge in [-0.2, -0.15) is 5.26 Å². The molecule has 0 saturated carbocycles. The fourth-order valence-electron chi connectivity index (χ4n) is 2.36. The number of carbonyl (C=O) groups is 1. The van der Waals surface area contributed by atoms with Gasteiger partial charge in [0.25, 0.3) is 0 Å². The molecule has 1 heterocycles. The second-order valence-electron chi connectivity index (χ2n) is 5.43. The van der Waals surface area contributed by atoms with Crippen LogP contribution in [0.15, 0.2) is 18.2 Å². The predicted octanol–water partition coefficient (Wildman–Crippen LogP) is 0.683. The number of nitriles is 1. The quantitative estimate of drug-likeness (QED) is 0.340. The topological polar surface area (TPSA) is 99.6 Å². The Kier molecular flexibility index (Phi) is 3.20. The predicted molar refractivity (Wildman–Crippen MR) is 71.2 cm³/mol. The summed E-state index contributed by atoms with van der Waals surface area (Å²) in [6, 6.07) is 6.98. The summed E-state index contributed by atoms with van der Waals surface area (Å²) in [5.41, 5.74) is -1.66. The number of hydrogen-bond donors (Lipinski definition) is 2. The average molecular weight is 275 g/mol. The summed E-state index contributed by atoms with van der Waals surface area (Å²) < 4.78 is 5.77. The molecule has 0 saturated heterocycles. The van der Waals surface area contributed by atoms with Gasteiger partial charge in [-0.3, -0.25) is 4.79 Å². The van der Waals surface area contributed by atoms with E-state index in [4.69, 9.17) is 15.8 Å². The first kappa shape index (κ1) is 14.3. The highest BCUT2D eigenvalue weighted by Crippen LogP contribution is 2.40. The Labute approximate surface area is 117 Å². The minimum atomic E-state index is -1.68. The molecular formula is C14H17N3O3. The lowest BCUT2D eigenvalue weighted by molar-refractivity contribution is -0.218. The van der Waals surface area contributed by atoms with Crippen LogP contribution in [-0.2, 0) is 11.2 Å². The third-order valence-corrected chi connectivity index (χ3v) is 3.69. The molecule has 1 aromatic carbocycles. The molecule has 0 radical (unpaired) electrons. The van der Waals surface area contributed by atoms with Crippen molar-refractivity contribution in [3.05, 3.63) is 29.3 Å². The molecule has 1 unspecified atom stereocenters. The van der Waals surface area contributed by atoms with Gasteiger partial charge in [-0.15, -0.1) is 0 Å². The molecule has 0 bridgehead atoms. The normalized spacial score (nSPS) is 23.2. The van der Waals surface area contributed by atoms with Gasteiger partial charge in [0, 0.05) is 18.9 Å². The van der Waals surface area contributed by atoms with Gasteiger partial charge >= 0.3 is 0 Å². The van der Waals surface area contributed by atoms with Crippen molar-refractivity contribution in [1.82, 2.24) is 5.01 Å². The molecule has 20 heavy (non-hydrogen) atoms. The molecule has 1 amide bonds. The molecule has 0 fully saturated rings. The van der Waals surface area contributed by atoms with Crippen molar-refractivity contribution in [2.75, 3.05) is 0 Å². The maximum absolute atomic E-state index is 11.5. The zero-order valence-electron chi connectivity index (χ0n) is 11.7. The third kappa shape index (κ3) is 2.01. The minimum Gasteiger partial charge on any atom is -0.482 e. The Balaban J connectivity index is 2.52. The number of hydrogen-bond acceptors (Lipinski definition) is 5. The van der Waals surface area contributed by atoms with Gasteiger partial charge < -0.3 is 9.84 Å². The number of rotatable bonds is 1. The van der Waals surface area contributed by atoms with E-state index in [0.29, 0.717) is 16.9 Å². The van der Waals surface area contributed by atoms with E-state index < -0.39 is 17.2 Å². The SMILES string of the molecule is CC(=O)N(N)C1(O)Cc2cc(C#N)ccc2OC1(C)C. The summed E-state index contributed by atoms with van der Waals surface area (Å²) in [6.45, 7) is 4.60. The highest BCUT2D eigenvalue weighted by Gasteiger charge is 2.54. The van der Waals surface area contributed by atoms with Gasteiger partial charge in [0.15, 0.2) is 11.3 Å². The summed E-state index contributed by atoms with van der Waals surface area (Å²) in [5, 5.41) is 20.5. The van der Waals surface area contributed by atoms with Crippen LogP contribution in [0.25, 0.3) is 0 Å². The van der Waals surface area contributed by atoms with Crippen molar-refractivity contribution < 1.29 is 14.6 Å². The summed E-state index contributed by atoms with van der Waals surface area (Å²) in [4.78, 5) is 11.5. The Morgan fingerprint density at radius 1 is 1.55 bits per heavy atom. The largest absolute Gasteiger partial charge is 0.482 e. The van der Waals surface area contributed by atoms with Crippen molar-refractivity contribution in [2.45, 2.75) is 38.5 Å². The zero-order valence-corrected chi connectivity index (χ0v) is 11.7. The molecule has 106 valence electrons. The number of hydrazine groups is 1. The van der Waals surface area contributed by atoms with E-state index in [1.54, 1.807) is 32.0 Å². The molecular weight excluding hydrogens is 258 g/mol. The maximum atomic E-state index is 11.5. The van der Waals surface area contributed by atoms with Crippen LogP contribution >= 0.6 is 0 Å². The van der Waals surface area contributed by atoms with Crippen molar-refractivity contribution >= 4 is 5.91 Å². The Morgan fingerprint density at radius 2 is 2.20 bits per heavy atom. The van der Waals surface area contributed by atoms with Crippen LogP contribution < -0.4 is 10.6 Å². The maximum Gasteiger partial charge on any atom is 0.236 e. The van der Waals surface area contributed by atoms with Crippen molar-refractivity contribution in [1.29, 1.82) is 5.26 Å². The number of fused-ring (bicyclic) bond motifs is 1. The number of amides is 1. The second kappa shape index (κ2) is 4.47. The summed E-state index contributed by atoms with van der Waals surface area (Å²) >= 11 is 0. The van der Waals surface area contributed by atoms with Crippen LogP contribution in [0.3, 0.4) is 0 Å². The third-order valence-electron chi connectivity index (χ3n) is 3.69. The first-order valence-corrected chi connectivity index (χ1v) is 6.21. The molecule has 2 rings (SSSR count). The van der Waals surface area contributed by atoms with Crippen LogP contribution in [0.4, 0.5) is 0 Å². The van der Waals surface area contributed by atoms with Gasteiger partial charge in [0.2, 0.25) is 5.91 Å². The fourth-order valence-corrected chi connectivity index (χ4v) is 2.36. The van der Waals surface area contributed by atoms with E-state index in [1.165, 1.54) is 6.92 Å². The zero-order chi connectivity index (χ0) is 15.1. The minimum absolute atomic E-state index is 0.0981. The highest BCUT2D eigenvalue weighted by molar-refractivity contribution is 5.73. The highest BCUT2D eigenvalue weighted by atomic mass is 16.5. The van der Waals surface area contributed by atoms with Gasteiger partial charge in [0.1, 0.15) is 5.75 Å². The number of nitrogens with zero attached hydrogens (tertiary/aromatic N) is 2. The van der Waals surface area contributed by atoms with E-state index in [9.17, 15) is 9.90 Å². The number of nitrogens with two attached hydrogens (primary N) is 1.